The van der Waals surface area contributed by atoms with Crippen LogP contribution in [0.15, 0.2) is 24.3 Å². The Balaban J connectivity index is 2.02. The van der Waals surface area contributed by atoms with Crippen molar-refractivity contribution in [3.8, 4) is 16.9 Å². The lowest BCUT2D eigenvalue weighted by atomic mass is 9.83. The number of benzene rings is 2. The normalized spacial score (nSPS) is 15.5. The molecule has 1 aliphatic rings. The van der Waals surface area contributed by atoms with Gasteiger partial charge in [-0.1, -0.05) is 31.4 Å². The fraction of sp³-hybridized carbons (Fsp3) is 0.368. The Hall–Kier alpha value is -2.04. The lowest BCUT2D eigenvalue weighted by Crippen LogP contribution is -2.08. The molecule has 0 aromatic heterocycles. The molecule has 128 valence electrons. The molecular weight excluding hydrogens is 320 g/mol. The van der Waals surface area contributed by atoms with Crippen molar-refractivity contribution in [2.24, 2.45) is 0 Å². The SMILES string of the molecule is COc1c(F)cc(-c2ccc(C3CCCCC3)c(F)c2F)cc1F. The van der Waals surface area contributed by atoms with E-state index in [1.807, 2.05) is 0 Å². The maximum Gasteiger partial charge on any atom is 0.190 e. The summed E-state index contributed by atoms with van der Waals surface area (Å²) in [6.07, 6.45) is 4.79. The molecule has 0 saturated heterocycles. The smallest absolute Gasteiger partial charge is 0.190 e. The van der Waals surface area contributed by atoms with Crippen LogP contribution in [-0.4, -0.2) is 7.11 Å². The van der Waals surface area contributed by atoms with E-state index in [1.165, 1.54) is 12.1 Å². The summed E-state index contributed by atoms with van der Waals surface area (Å²) < 4.78 is 61.2. The van der Waals surface area contributed by atoms with Gasteiger partial charge in [-0.05, 0) is 42.0 Å². The van der Waals surface area contributed by atoms with Gasteiger partial charge in [0.2, 0.25) is 0 Å². The molecule has 0 N–H and O–H groups in total. The summed E-state index contributed by atoms with van der Waals surface area (Å²) in [5, 5.41) is 0. The van der Waals surface area contributed by atoms with E-state index in [-0.39, 0.29) is 17.0 Å². The molecule has 2 aromatic rings. The minimum atomic E-state index is -1.07. The van der Waals surface area contributed by atoms with Gasteiger partial charge < -0.3 is 4.74 Å². The molecule has 0 radical (unpaired) electrons. The zero-order valence-electron chi connectivity index (χ0n) is 13.3. The second kappa shape index (κ2) is 6.83. The van der Waals surface area contributed by atoms with Crippen LogP contribution in [0.1, 0.15) is 43.6 Å². The van der Waals surface area contributed by atoms with E-state index in [0.717, 1.165) is 51.3 Å². The molecule has 0 atom stereocenters. The Morgan fingerprint density at radius 1 is 0.875 bits per heavy atom. The Labute approximate surface area is 138 Å². The van der Waals surface area contributed by atoms with Crippen LogP contribution in [0.5, 0.6) is 5.75 Å². The van der Waals surface area contributed by atoms with Crippen molar-refractivity contribution in [3.63, 3.8) is 0 Å². The molecule has 3 rings (SSSR count). The number of hydrogen-bond acceptors (Lipinski definition) is 1. The van der Waals surface area contributed by atoms with Gasteiger partial charge in [0.1, 0.15) is 0 Å². The monoisotopic (exact) mass is 338 g/mol. The molecular formula is C19H18F4O. The topological polar surface area (TPSA) is 9.23 Å². The summed E-state index contributed by atoms with van der Waals surface area (Å²) in [5.41, 5.74) is 0.135. The van der Waals surface area contributed by atoms with Crippen molar-refractivity contribution >= 4 is 0 Å². The molecule has 0 unspecified atom stereocenters. The first-order chi connectivity index (χ1) is 11.5. The summed E-state index contributed by atoms with van der Waals surface area (Å²) in [6, 6.07) is 4.81. The second-order valence-corrected chi connectivity index (χ2v) is 6.14. The molecule has 1 aliphatic carbocycles. The van der Waals surface area contributed by atoms with E-state index in [2.05, 4.69) is 4.74 Å². The fourth-order valence-corrected chi connectivity index (χ4v) is 3.43. The Morgan fingerprint density at radius 2 is 1.50 bits per heavy atom. The maximum atomic E-state index is 14.5. The second-order valence-electron chi connectivity index (χ2n) is 6.14. The number of ether oxygens (including phenoxy) is 1. The van der Waals surface area contributed by atoms with Crippen LogP contribution < -0.4 is 4.74 Å². The van der Waals surface area contributed by atoms with Crippen molar-refractivity contribution < 1.29 is 22.3 Å². The van der Waals surface area contributed by atoms with E-state index in [0.29, 0.717) is 5.56 Å². The Bertz CT molecular complexity index is 728. The molecule has 0 spiro atoms. The van der Waals surface area contributed by atoms with Crippen LogP contribution in [0.4, 0.5) is 17.6 Å². The predicted octanol–water partition coefficient (Wildman–Crippen LogP) is 5.97. The zero-order valence-corrected chi connectivity index (χ0v) is 13.3. The molecule has 0 bridgehead atoms. The van der Waals surface area contributed by atoms with Gasteiger partial charge in [0.05, 0.1) is 7.11 Å². The number of hydrogen-bond donors (Lipinski definition) is 0. The standard InChI is InChI=1S/C19H18F4O/c1-24-19-15(20)9-12(10-16(19)21)14-8-7-13(17(22)18(14)23)11-5-3-2-4-6-11/h7-11H,2-6H2,1H3. The van der Waals surface area contributed by atoms with Crippen LogP contribution >= 0.6 is 0 Å². The molecule has 0 heterocycles. The van der Waals surface area contributed by atoms with Gasteiger partial charge in [-0.15, -0.1) is 0 Å². The molecule has 5 heteroatoms. The van der Waals surface area contributed by atoms with Crippen molar-refractivity contribution in [1.82, 2.24) is 0 Å². The highest BCUT2D eigenvalue weighted by Crippen LogP contribution is 2.37. The number of methoxy groups -OCH3 is 1. The first kappa shape index (κ1) is 16.8. The first-order valence-corrected chi connectivity index (χ1v) is 8.04. The molecule has 1 saturated carbocycles. The Morgan fingerprint density at radius 3 is 2.08 bits per heavy atom. The third kappa shape index (κ3) is 2.99. The van der Waals surface area contributed by atoms with Crippen molar-refractivity contribution in [1.29, 1.82) is 0 Å². The molecule has 1 fully saturated rings. The average Bonchev–Trinajstić information content (AvgIpc) is 2.57. The van der Waals surface area contributed by atoms with Crippen molar-refractivity contribution in [2.75, 3.05) is 7.11 Å². The van der Waals surface area contributed by atoms with Crippen LogP contribution in [0.2, 0.25) is 0 Å². The highest BCUT2D eigenvalue weighted by molar-refractivity contribution is 5.66. The molecule has 1 nitrogen and oxygen atoms in total. The minimum absolute atomic E-state index is 0.00615. The first-order valence-electron chi connectivity index (χ1n) is 8.04. The van der Waals surface area contributed by atoms with Gasteiger partial charge in [0, 0.05) is 5.56 Å². The van der Waals surface area contributed by atoms with Crippen LogP contribution in [0, 0.1) is 23.3 Å². The van der Waals surface area contributed by atoms with Gasteiger partial charge in [-0.2, -0.15) is 0 Å². The fourth-order valence-electron chi connectivity index (χ4n) is 3.43. The summed E-state index contributed by atoms with van der Waals surface area (Å²) in [7, 11) is 1.14. The zero-order chi connectivity index (χ0) is 17.3. The third-order valence-electron chi connectivity index (χ3n) is 4.67. The van der Waals surface area contributed by atoms with Crippen LogP contribution in [0.25, 0.3) is 11.1 Å². The van der Waals surface area contributed by atoms with E-state index in [9.17, 15) is 17.6 Å². The minimum Gasteiger partial charge on any atom is -0.491 e. The van der Waals surface area contributed by atoms with Crippen LogP contribution in [-0.2, 0) is 0 Å². The lowest BCUT2D eigenvalue weighted by molar-refractivity contribution is 0.360. The average molecular weight is 338 g/mol. The van der Waals surface area contributed by atoms with E-state index < -0.39 is 29.0 Å². The summed E-state index contributed by atoms with van der Waals surface area (Å²) >= 11 is 0. The highest BCUT2D eigenvalue weighted by atomic mass is 19.2. The van der Waals surface area contributed by atoms with Gasteiger partial charge in [0.25, 0.3) is 0 Å². The van der Waals surface area contributed by atoms with Crippen molar-refractivity contribution in [3.05, 3.63) is 53.1 Å². The number of halogens is 4. The molecule has 24 heavy (non-hydrogen) atoms. The third-order valence-corrected chi connectivity index (χ3v) is 4.67. The van der Waals surface area contributed by atoms with E-state index >= 15 is 0 Å². The molecule has 0 amide bonds. The lowest BCUT2D eigenvalue weighted by Gasteiger charge is -2.23. The van der Waals surface area contributed by atoms with Gasteiger partial charge in [-0.3, -0.25) is 0 Å². The van der Waals surface area contributed by atoms with E-state index in [4.69, 9.17) is 0 Å². The maximum absolute atomic E-state index is 14.5. The summed E-state index contributed by atoms with van der Waals surface area (Å²) in [4.78, 5) is 0. The van der Waals surface area contributed by atoms with Crippen molar-refractivity contribution in [2.45, 2.75) is 38.0 Å². The summed E-state index contributed by atoms with van der Waals surface area (Å²) in [5.74, 6) is -4.43. The van der Waals surface area contributed by atoms with Gasteiger partial charge >= 0.3 is 0 Å². The molecule has 2 aromatic carbocycles. The summed E-state index contributed by atoms with van der Waals surface area (Å²) in [6.45, 7) is 0. The number of rotatable bonds is 3. The molecule has 0 aliphatic heterocycles. The highest BCUT2D eigenvalue weighted by Gasteiger charge is 2.23. The van der Waals surface area contributed by atoms with Crippen LogP contribution in [0.3, 0.4) is 0 Å². The predicted molar refractivity (Wildman–Crippen MR) is 84.1 cm³/mol. The van der Waals surface area contributed by atoms with Gasteiger partial charge in [-0.25, -0.2) is 17.6 Å². The van der Waals surface area contributed by atoms with E-state index in [1.54, 1.807) is 0 Å². The van der Waals surface area contributed by atoms with Gasteiger partial charge in [0.15, 0.2) is 29.0 Å². The Kier molecular flexibility index (Phi) is 4.78. The largest absolute Gasteiger partial charge is 0.491 e. The quantitative estimate of drug-likeness (QED) is 0.627.